The van der Waals surface area contributed by atoms with Crippen LogP contribution in [-0.2, 0) is 10.0 Å². The Bertz CT molecular complexity index is 830. The molecule has 1 aliphatic rings. The van der Waals surface area contributed by atoms with Crippen LogP contribution >= 0.6 is 0 Å². The van der Waals surface area contributed by atoms with Crippen molar-refractivity contribution < 1.29 is 26.4 Å². The predicted molar refractivity (Wildman–Crippen MR) is 101 cm³/mol. The summed E-state index contributed by atoms with van der Waals surface area (Å²) in [6, 6.07) is 2.82. The highest BCUT2D eigenvalue weighted by Gasteiger charge is 2.31. The van der Waals surface area contributed by atoms with Gasteiger partial charge in [0.05, 0.1) is 11.3 Å². The number of aryl methyl sites for hydroxylation is 1. The third-order valence-electron chi connectivity index (χ3n) is 5.30. The second-order valence-electron chi connectivity index (χ2n) is 7.59. The van der Waals surface area contributed by atoms with Crippen molar-refractivity contribution in [2.75, 3.05) is 26.7 Å². The highest BCUT2D eigenvalue weighted by Crippen LogP contribution is 2.28. The maximum atomic E-state index is 13.1. The minimum atomic E-state index is -4.36. The Kier molecular flexibility index (Phi) is 6.81. The molecule has 1 fully saturated rings. The molecule has 0 spiro atoms. The first-order chi connectivity index (χ1) is 12.8. The first-order valence-corrected chi connectivity index (χ1v) is 10.7. The van der Waals surface area contributed by atoms with E-state index in [0.717, 1.165) is 17.7 Å². The molecule has 1 amide bonds. The summed E-state index contributed by atoms with van der Waals surface area (Å²) in [5.41, 5.74) is 1.24. The molecule has 1 saturated heterocycles. The number of alkyl halides is 3. The Balaban J connectivity index is 2.32. The van der Waals surface area contributed by atoms with Gasteiger partial charge < -0.3 is 4.90 Å². The number of amides is 1. The minimum absolute atomic E-state index is 0.0506. The van der Waals surface area contributed by atoms with Crippen LogP contribution in [0, 0.1) is 19.8 Å². The van der Waals surface area contributed by atoms with Crippen LogP contribution in [0.4, 0.5) is 13.2 Å². The van der Waals surface area contributed by atoms with Crippen LogP contribution in [0.1, 0.15) is 47.7 Å². The maximum absolute atomic E-state index is 13.1. The lowest BCUT2D eigenvalue weighted by Gasteiger charge is -2.30. The van der Waals surface area contributed by atoms with Gasteiger partial charge in [0.15, 0.2) is 0 Å². The summed E-state index contributed by atoms with van der Waals surface area (Å²) < 4.78 is 65.0. The Morgan fingerprint density at radius 3 is 2.32 bits per heavy atom. The average Bonchev–Trinajstić information content (AvgIpc) is 2.60. The van der Waals surface area contributed by atoms with Crippen LogP contribution in [0.15, 0.2) is 17.0 Å². The number of hydrogen-bond acceptors (Lipinski definition) is 3. The predicted octanol–water partition coefficient (Wildman–Crippen LogP) is 3.75. The number of nitrogens with zero attached hydrogens (tertiary/aromatic N) is 2. The number of rotatable bonds is 5. The molecule has 1 aromatic carbocycles. The molecule has 1 aliphatic heterocycles. The number of sulfonamides is 1. The van der Waals surface area contributed by atoms with Crippen molar-refractivity contribution >= 4 is 15.9 Å². The summed E-state index contributed by atoms with van der Waals surface area (Å²) in [5.74, 6) is -0.166. The van der Waals surface area contributed by atoms with Gasteiger partial charge in [-0.25, -0.2) is 8.42 Å². The van der Waals surface area contributed by atoms with E-state index in [-0.39, 0.29) is 10.5 Å². The fourth-order valence-electron chi connectivity index (χ4n) is 3.20. The van der Waals surface area contributed by atoms with E-state index in [1.807, 2.05) is 0 Å². The first-order valence-electron chi connectivity index (χ1n) is 9.26. The maximum Gasteiger partial charge on any atom is 0.390 e. The van der Waals surface area contributed by atoms with Gasteiger partial charge in [0.25, 0.3) is 5.91 Å². The van der Waals surface area contributed by atoms with Crippen LogP contribution in [0.5, 0.6) is 0 Å². The lowest BCUT2D eigenvalue weighted by molar-refractivity contribution is -0.136. The Morgan fingerprint density at radius 1 is 1.21 bits per heavy atom. The van der Waals surface area contributed by atoms with E-state index in [1.165, 1.54) is 23.5 Å². The monoisotopic (exact) mass is 420 g/mol. The van der Waals surface area contributed by atoms with Crippen LogP contribution in [-0.4, -0.2) is 56.4 Å². The number of carbonyl (C=O) groups is 1. The molecule has 5 nitrogen and oxygen atoms in total. The highest BCUT2D eigenvalue weighted by molar-refractivity contribution is 7.89. The van der Waals surface area contributed by atoms with Crippen LogP contribution in [0.25, 0.3) is 0 Å². The third-order valence-corrected chi connectivity index (χ3v) is 7.33. The van der Waals surface area contributed by atoms with Gasteiger partial charge in [-0.05, 0) is 55.9 Å². The van der Waals surface area contributed by atoms with Gasteiger partial charge in [0.1, 0.15) is 0 Å². The van der Waals surface area contributed by atoms with Crippen LogP contribution < -0.4 is 0 Å². The van der Waals surface area contributed by atoms with Gasteiger partial charge in [0, 0.05) is 32.2 Å². The van der Waals surface area contributed by atoms with E-state index < -0.39 is 35.1 Å². The summed E-state index contributed by atoms with van der Waals surface area (Å²) in [6.45, 7) is 5.81. The minimum Gasteiger partial charge on any atom is -0.341 e. The van der Waals surface area contributed by atoms with Gasteiger partial charge in [-0.2, -0.15) is 17.5 Å². The van der Waals surface area contributed by atoms with Crippen molar-refractivity contribution in [2.24, 2.45) is 5.92 Å². The van der Waals surface area contributed by atoms with Gasteiger partial charge in [0.2, 0.25) is 10.0 Å². The Morgan fingerprint density at radius 2 is 1.79 bits per heavy atom. The SMILES string of the molecule is Cc1cc(C(=O)N(C)CCC(F)(F)F)cc(S(=O)(=O)N2CCC(C)CC2)c1C. The van der Waals surface area contributed by atoms with Crippen LogP contribution in [0.3, 0.4) is 0 Å². The van der Waals surface area contributed by atoms with Gasteiger partial charge in [-0.3, -0.25) is 4.79 Å². The summed E-state index contributed by atoms with van der Waals surface area (Å²) in [7, 11) is -2.49. The highest BCUT2D eigenvalue weighted by atomic mass is 32.2. The van der Waals surface area contributed by atoms with E-state index >= 15 is 0 Å². The second kappa shape index (κ2) is 8.41. The van der Waals surface area contributed by atoms with E-state index in [2.05, 4.69) is 6.92 Å². The molecular formula is C19H27F3N2O3S. The van der Waals surface area contributed by atoms with E-state index in [9.17, 15) is 26.4 Å². The lowest BCUT2D eigenvalue weighted by Crippen LogP contribution is -2.38. The molecule has 28 heavy (non-hydrogen) atoms. The number of hydrogen-bond donors (Lipinski definition) is 0. The summed E-state index contributed by atoms with van der Waals surface area (Å²) in [4.78, 5) is 13.6. The molecule has 0 aromatic heterocycles. The van der Waals surface area contributed by atoms with E-state index in [0.29, 0.717) is 30.1 Å². The lowest BCUT2D eigenvalue weighted by atomic mass is 10.0. The summed E-state index contributed by atoms with van der Waals surface area (Å²) >= 11 is 0. The molecular weight excluding hydrogens is 393 g/mol. The van der Waals surface area contributed by atoms with Crippen molar-refractivity contribution in [1.29, 1.82) is 0 Å². The number of piperidine rings is 1. The quantitative estimate of drug-likeness (QED) is 0.729. The van der Waals surface area contributed by atoms with Gasteiger partial charge in [-0.15, -0.1) is 0 Å². The van der Waals surface area contributed by atoms with E-state index in [4.69, 9.17) is 0 Å². The molecule has 0 N–H and O–H groups in total. The topological polar surface area (TPSA) is 57.7 Å². The summed E-state index contributed by atoms with van der Waals surface area (Å²) in [6.07, 6.45) is -3.93. The zero-order valence-electron chi connectivity index (χ0n) is 16.6. The zero-order chi connectivity index (χ0) is 21.3. The molecule has 1 heterocycles. The average molecular weight is 420 g/mol. The largest absolute Gasteiger partial charge is 0.390 e. The third kappa shape index (κ3) is 5.26. The normalized spacial score (nSPS) is 17.0. The van der Waals surface area contributed by atoms with Crippen molar-refractivity contribution in [3.05, 3.63) is 28.8 Å². The molecule has 158 valence electrons. The molecule has 2 rings (SSSR count). The number of carbonyl (C=O) groups excluding carboxylic acids is 1. The molecule has 0 aliphatic carbocycles. The van der Waals surface area contributed by atoms with Crippen molar-refractivity contribution in [3.63, 3.8) is 0 Å². The molecule has 0 radical (unpaired) electrons. The smallest absolute Gasteiger partial charge is 0.341 e. The molecule has 1 aromatic rings. The Hall–Kier alpha value is -1.61. The summed E-state index contributed by atoms with van der Waals surface area (Å²) in [5, 5.41) is 0. The molecule has 0 unspecified atom stereocenters. The van der Waals surface area contributed by atoms with E-state index in [1.54, 1.807) is 13.8 Å². The van der Waals surface area contributed by atoms with Crippen molar-refractivity contribution in [3.8, 4) is 0 Å². The fraction of sp³-hybridized carbons (Fsp3) is 0.632. The Labute approximate surface area is 164 Å². The zero-order valence-corrected chi connectivity index (χ0v) is 17.5. The standard InChI is InChI=1S/C19H27F3N2O3S/c1-13-5-8-24(9-6-13)28(26,27)17-12-16(11-14(2)15(17)3)18(25)23(4)10-7-19(20,21)22/h11-13H,5-10H2,1-4H3. The number of benzene rings is 1. The molecule has 0 saturated carbocycles. The molecule has 0 bridgehead atoms. The molecule has 9 heteroatoms. The molecule has 0 atom stereocenters. The van der Waals surface area contributed by atoms with Crippen LogP contribution in [0.2, 0.25) is 0 Å². The number of halogens is 3. The van der Waals surface area contributed by atoms with Gasteiger partial charge >= 0.3 is 6.18 Å². The van der Waals surface area contributed by atoms with Gasteiger partial charge in [-0.1, -0.05) is 6.92 Å². The van der Waals surface area contributed by atoms with Crippen molar-refractivity contribution in [1.82, 2.24) is 9.21 Å². The second-order valence-corrected chi connectivity index (χ2v) is 9.50. The first kappa shape index (κ1) is 22.7. The van der Waals surface area contributed by atoms with Crippen molar-refractivity contribution in [2.45, 2.75) is 51.1 Å². The fourth-order valence-corrected chi connectivity index (χ4v) is 4.99.